The van der Waals surface area contributed by atoms with Gasteiger partial charge in [0, 0.05) is 19.1 Å². The summed E-state index contributed by atoms with van der Waals surface area (Å²) in [7, 11) is 0. The number of nitrogens with zero attached hydrogens (tertiary/aromatic N) is 1. The molecule has 0 aliphatic carbocycles. The molecule has 4 nitrogen and oxygen atoms in total. The summed E-state index contributed by atoms with van der Waals surface area (Å²) in [5.41, 5.74) is 1.37. The summed E-state index contributed by atoms with van der Waals surface area (Å²) in [6.07, 6.45) is 1.57. The number of benzene rings is 1. The predicted octanol–water partition coefficient (Wildman–Crippen LogP) is 0.594. The molecule has 0 radical (unpaired) electrons. The second-order valence-corrected chi connectivity index (χ2v) is 5.28. The van der Waals surface area contributed by atoms with Crippen LogP contribution in [0.3, 0.4) is 0 Å². The third-order valence-electron chi connectivity index (χ3n) is 3.69. The normalized spacial score (nSPS) is 19.5. The summed E-state index contributed by atoms with van der Waals surface area (Å²) in [4.78, 5) is 2.47. The second kappa shape index (κ2) is 7.60. The van der Waals surface area contributed by atoms with Crippen LogP contribution in [-0.2, 0) is 6.54 Å². The predicted molar refractivity (Wildman–Crippen MR) is 75.8 cm³/mol. The van der Waals surface area contributed by atoms with Crippen molar-refractivity contribution in [3.8, 4) is 0 Å². The molecule has 0 bridgehead atoms. The third kappa shape index (κ3) is 4.91. The van der Waals surface area contributed by atoms with Crippen molar-refractivity contribution in [2.75, 3.05) is 26.2 Å². The molecule has 1 saturated heterocycles. The van der Waals surface area contributed by atoms with Crippen molar-refractivity contribution in [1.82, 2.24) is 10.2 Å². The highest BCUT2D eigenvalue weighted by Gasteiger charge is 2.19. The number of hydrogen-bond donors (Lipinski definition) is 3. The molecule has 1 aromatic rings. The smallest absolute Gasteiger partial charge is 0.0895 e. The van der Waals surface area contributed by atoms with Gasteiger partial charge in [-0.1, -0.05) is 30.3 Å². The summed E-state index contributed by atoms with van der Waals surface area (Å²) in [6.45, 7) is 3.51. The van der Waals surface area contributed by atoms with Crippen LogP contribution in [0.15, 0.2) is 30.3 Å². The van der Waals surface area contributed by atoms with Gasteiger partial charge >= 0.3 is 0 Å². The van der Waals surface area contributed by atoms with Crippen molar-refractivity contribution in [3.63, 3.8) is 0 Å². The van der Waals surface area contributed by atoms with Gasteiger partial charge in [0.25, 0.3) is 0 Å². The van der Waals surface area contributed by atoms with Crippen molar-refractivity contribution in [2.24, 2.45) is 0 Å². The molecule has 1 heterocycles. The fourth-order valence-corrected chi connectivity index (χ4v) is 2.50. The van der Waals surface area contributed by atoms with E-state index in [1.54, 1.807) is 0 Å². The number of nitrogens with one attached hydrogen (secondary N) is 1. The lowest BCUT2D eigenvalue weighted by molar-refractivity contribution is 0.0874. The van der Waals surface area contributed by atoms with Gasteiger partial charge in [0.1, 0.15) is 0 Å². The van der Waals surface area contributed by atoms with Gasteiger partial charge in [0.2, 0.25) is 0 Å². The lowest BCUT2D eigenvalue weighted by Crippen LogP contribution is -2.44. The van der Waals surface area contributed by atoms with Crippen LogP contribution < -0.4 is 5.32 Å². The highest BCUT2D eigenvalue weighted by molar-refractivity contribution is 5.14. The van der Waals surface area contributed by atoms with Crippen LogP contribution in [0.1, 0.15) is 18.4 Å². The minimum absolute atomic E-state index is 0.167. The zero-order valence-electron chi connectivity index (χ0n) is 11.3. The van der Waals surface area contributed by atoms with Gasteiger partial charge in [0.15, 0.2) is 0 Å². The van der Waals surface area contributed by atoms with Crippen LogP contribution in [0.2, 0.25) is 0 Å². The Bertz CT molecular complexity index is 350. The molecule has 0 spiro atoms. The third-order valence-corrected chi connectivity index (χ3v) is 3.69. The van der Waals surface area contributed by atoms with Crippen molar-refractivity contribution in [3.05, 3.63) is 35.9 Å². The van der Waals surface area contributed by atoms with E-state index in [0.29, 0.717) is 12.6 Å². The number of piperidine rings is 1. The zero-order chi connectivity index (χ0) is 13.5. The molecule has 19 heavy (non-hydrogen) atoms. The highest BCUT2D eigenvalue weighted by atomic mass is 16.3. The SMILES string of the molecule is OC[C@@H](O)CNC1CCN(Cc2ccccc2)CC1. The molecule has 106 valence electrons. The number of hydrogen-bond acceptors (Lipinski definition) is 4. The molecule has 0 saturated carbocycles. The maximum absolute atomic E-state index is 9.31. The van der Waals surface area contributed by atoms with Gasteiger partial charge < -0.3 is 15.5 Å². The topological polar surface area (TPSA) is 55.7 Å². The number of rotatable bonds is 6. The first kappa shape index (κ1) is 14.5. The van der Waals surface area contributed by atoms with E-state index in [-0.39, 0.29) is 6.61 Å². The molecule has 0 aromatic heterocycles. The first-order valence-electron chi connectivity index (χ1n) is 7.06. The standard InChI is InChI=1S/C15H24N2O2/c18-12-15(19)10-16-14-6-8-17(9-7-14)11-13-4-2-1-3-5-13/h1-5,14-16,18-19H,6-12H2/t15-/m0/s1. The summed E-state index contributed by atoms with van der Waals surface area (Å²) in [5.74, 6) is 0. The van der Waals surface area contributed by atoms with Gasteiger partial charge in [-0.3, -0.25) is 4.90 Å². The minimum atomic E-state index is -0.637. The first-order chi connectivity index (χ1) is 9.28. The van der Waals surface area contributed by atoms with Crippen LogP contribution in [-0.4, -0.2) is 53.5 Å². The lowest BCUT2D eigenvalue weighted by Gasteiger charge is -2.32. The Balaban J connectivity index is 1.68. The summed E-state index contributed by atoms with van der Waals surface area (Å²) < 4.78 is 0. The van der Waals surface area contributed by atoms with E-state index in [1.165, 1.54) is 5.56 Å². The van der Waals surface area contributed by atoms with Crippen molar-refractivity contribution >= 4 is 0 Å². The average molecular weight is 264 g/mol. The van der Waals surface area contributed by atoms with E-state index >= 15 is 0 Å². The Morgan fingerprint density at radius 1 is 1.21 bits per heavy atom. The van der Waals surface area contributed by atoms with E-state index in [9.17, 15) is 5.11 Å². The fraction of sp³-hybridized carbons (Fsp3) is 0.600. The van der Waals surface area contributed by atoms with Crippen molar-refractivity contribution in [2.45, 2.75) is 31.5 Å². The van der Waals surface area contributed by atoms with Crippen molar-refractivity contribution in [1.29, 1.82) is 0 Å². The molecule has 1 aliphatic heterocycles. The number of aliphatic hydroxyl groups excluding tert-OH is 2. The largest absolute Gasteiger partial charge is 0.394 e. The number of aliphatic hydroxyl groups is 2. The average Bonchev–Trinajstić information content (AvgIpc) is 2.47. The van der Waals surface area contributed by atoms with E-state index in [4.69, 9.17) is 5.11 Å². The van der Waals surface area contributed by atoms with E-state index < -0.39 is 6.10 Å². The van der Waals surface area contributed by atoms with Crippen LogP contribution in [0.4, 0.5) is 0 Å². The Morgan fingerprint density at radius 3 is 2.53 bits per heavy atom. The number of likely N-dealkylation sites (tertiary alicyclic amines) is 1. The van der Waals surface area contributed by atoms with Crippen LogP contribution in [0.5, 0.6) is 0 Å². The maximum Gasteiger partial charge on any atom is 0.0895 e. The summed E-state index contributed by atoms with van der Waals surface area (Å²) in [5, 5.41) is 21.4. The van der Waals surface area contributed by atoms with Gasteiger partial charge in [-0.2, -0.15) is 0 Å². The Hall–Kier alpha value is -0.940. The van der Waals surface area contributed by atoms with E-state index in [2.05, 4.69) is 34.5 Å². The van der Waals surface area contributed by atoms with Gasteiger partial charge in [-0.15, -0.1) is 0 Å². The zero-order valence-corrected chi connectivity index (χ0v) is 11.3. The molecule has 2 rings (SSSR count). The lowest BCUT2D eigenvalue weighted by atomic mass is 10.0. The maximum atomic E-state index is 9.31. The van der Waals surface area contributed by atoms with Crippen LogP contribution >= 0.6 is 0 Å². The quantitative estimate of drug-likeness (QED) is 0.704. The van der Waals surface area contributed by atoms with Crippen LogP contribution in [0.25, 0.3) is 0 Å². The van der Waals surface area contributed by atoms with Crippen molar-refractivity contribution < 1.29 is 10.2 Å². The monoisotopic (exact) mass is 264 g/mol. The van der Waals surface area contributed by atoms with Gasteiger partial charge in [-0.05, 0) is 31.5 Å². The van der Waals surface area contributed by atoms with E-state index in [0.717, 1.165) is 32.5 Å². The molecule has 0 amide bonds. The molecule has 1 aromatic carbocycles. The van der Waals surface area contributed by atoms with Crippen LogP contribution in [0, 0.1) is 0 Å². The molecular formula is C15H24N2O2. The summed E-state index contributed by atoms with van der Waals surface area (Å²) >= 11 is 0. The molecule has 1 atom stereocenters. The second-order valence-electron chi connectivity index (χ2n) is 5.28. The molecule has 0 unspecified atom stereocenters. The molecular weight excluding hydrogens is 240 g/mol. The summed E-state index contributed by atoms with van der Waals surface area (Å²) in [6, 6.07) is 11.0. The molecule has 4 heteroatoms. The molecule has 3 N–H and O–H groups in total. The Morgan fingerprint density at radius 2 is 1.89 bits per heavy atom. The molecule has 1 fully saturated rings. The Kier molecular flexibility index (Phi) is 5.79. The highest BCUT2D eigenvalue weighted by Crippen LogP contribution is 2.13. The van der Waals surface area contributed by atoms with Gasteiger partial charge in [-0.25, -0.2) is 0 Å². The first-order valence-corrected chi connectivity index (χ1v) is 7.06. The van der Waals surface area contributed by atoms with E-state index in [1.807, 2.05) is 6.07 Å². The Labute approximate surface area is 115 Å². The molecule has 1 aliphatic rings. The minimum Gasteiger partial charge on any atom is -0.394 e. The fourth-order valence-electron chi connectivity index (χ4n) is 2.50. The van der Waals surface area contributed by atoms with Gasteiger partial charge in [0.05, 0.1) is 12.7 Å².